The van der Waals surface area contributed by atoms with Crippen LogP contribution < -0.4 is 10.1 Å². The molecular weight excluding hydrogens is 354 g/mol. The van der Waals surface area contributed by atoms with Gasteiger partial charge in [-0.3, -0.25) is 9.48 Å². The molecule has 1 amide bonds. The Morgan fingerprint density at radius 2 is 2.00 bits per heavy atom. The number of rotatable bonds is 8. The lowest BCUT2D eigenvalue weighted by molar-refractivity contribution is 0.0946. The van der Waals surface area contributed by atoms with Crippen LogP contribution in [-0.4, -0.2) is 31.8 Å². The average molecular weight is 381 g/mol. The summed E-state index contributed by atoms with van der Waals surface area (Å²) in [5, 5.41) is 7.46. The Bertz CT molecular complexity index is 927. The highest BCUT2D eigenvalue weighted by Gasteiger charge is 2.11. The van der Waals surface area contributed by atoms with Crippen molar-refractivity contribution in [3.8, 4) is 5.75 Å². The largest absolute Gasteiger partial charge is 0.486 e. The normalized spacial score (nSPS) is 12.0. The van der Waals surface area contributed by atoms with E-state index in [0.29, 0.717) is 24.5 Å². The fourth-order valence-corrected chi connectivity index (χ4v) is 2.97. The standard InChI is InChI=1S/C21H27N5O2/c1-15(13-26-17(3)11-16(2)24-26)12-23-21(27)18-5-7-19(8-6-18)28-14-20-22-9-10-25(20)4/h5-11,15H,12-14H2,1-4H3,(H,23,27). The van der Waals surface area contributed by atoms with Gasteiger partial charge in [0.2, 0.25) is 0 Å². The number of nitrogens with one attached hydrogen (secondary N) is 1. The first kappa shape index (κ1) is 19.7. The molecule has 7 heteroatoms. The van der Waals surface area contributed by atoms with E-state index in [4.69, 9.17) is 4.74 Å². The molecule has 3 aromatic rings. The number of carbonyl (C=O) groups is 1. The van der Waals surface area contributed by atoms with Crippen LogP contribution in [0.3, 0.4) is 0 Å². The third-order valence-electron chi connectivity index (χ3n) is 4.60. The van der Waals surface area contributed by atoms with E-state index in [1.54, 1.807) is 30.5 Å². The van der Waals surface area contributed by atoms with Crippen molar-refractivity contribution in [3.63, 3.8) is 0 Å². The van der Waals surface area contributed by atoms with E-state index in [9.17, 15) is 4.79 Å². The second-order valence-electron chi connectivity index (χ2n) is 7.19. The van der Waals surface area contributed by atoms with E-state index < -0.39 is 0 Å². The van der Waals surface area contributed by atoms with Gasteiger partial charge in [0, 0.05) is 43.8 Å². The van der Waals surface area contributed by atoms with Crippen molar-refractivity contribution in [1.82, 2.24) is 24.6 Å². The molecule has 148 valence electrons. The summed E-state index contributed by atoms with van der Waals surface area (Å²) in [6.45, 7) is 7.89. The molecule has 0 aliphatic heterocycles. The van der Waals surface area contributed by atoms with Crippen LogP contribution in [-0.2, 0) is 20.2 Å². The van der Waals surface area contributed by atoms with Crippen molar-refractivity contribution in [3.05, 3.63) is 65.5 Å². The second kappa shape index (κ2) is 8.73. The summed E-state index contributed by atoms with van der Waals surface area (Å²) < 4.78 is 9.62. The highest BCUT2D eigenvalue weighted by atomic mass is 16.5. The maximum atomic E-state index is 12.4. The molecule has 0 aliphatic rings. The van der Waals surface area contributed by atoms with Crippen molar-refractivity contribution in [2.75, 3.05) is 6.54 Å². The maximum absolute atomic E-state index is 12.4. The summed E-state index contributed by atoms with van der Waals surface area (Å²) in [7, 11) is 1.93. The summed E-state index contributed by atoms with van der Waals surface area (Å²) in [5.74, 6) is 1.74. The summed E-state index contributed by atoms with van der Waals surface area (Å²) >= 11 is 0. The van der Waals surface area contributed by atoms with Gasteiger partial charge < -0.3 is 14.6 Å². The van der Waals surface area contributed by atoms with E-state index >= 15 is 0 Å². The predicted molar refractivity (Wildman–Crippen MR) is 107 cm³/mol. The molecule has 1 aromatic carbocycles. The Hall–Kier alpha value is -3.09. The van der Waals surface area contributed by atoms with E-state index in [1.165, 1.54) is 0 Å². The molecular formula is C21H27N5O2. The van der Waals surface area contributed by atoms with E-state index in [0.717, 1.165) is 23.8 Å². The van der Waals surface area contributed by atoms with Gasteiger partial charge in [-0.1, -0.05) is 6.92 Å². The SMILES string of the molecule is Cc1cc(C)n(CC(C)CNC(=O)c2ccc(OCc3nccn3C)cc2)n1. The molecule has 28 heavy (non-hydrogen) atoms. The molecule has 0 saturated carbocycles. The molecule has 0 radical (unpaired) electrons. The van der Waals surface area contributed by atoms with Crippen LogP contribution in [0.2, 0.25) is 0 Å². The Labute approximate surface area is 165 Å². The highest BCUT2D eigenvalue weighted by Crippen LogP contribution is 2.14. The molecule has 0 fully saturated rings. The van der Waals surface area contributed by atoms with Crippen LogP contribution in [0.5, 0.6) is 5.75 Å². The van der Waals surface area contributed by atoms with Crippen LogP contribution in [0, 0.1) is 19.8 Å². The number of aromatic nitrogens is 4. The fourth-order valence-electron chi connectivity index (χ4n) is 2.97. The third kappa shape index (κ3) is 5.00. The van der Waals surface area contributed by atoms with Crippen molar-refractivity contribution in [2.45, 2.75) is 33.9 Å². The lowest BCUT2D eigenvalue weighted by Gasteiger charge is -2.14. The lowest BCUT2D eigenvalue weighted by Crippen LogP contribution is -2.30. The van der Waals surface area contributed by atoms with Gasteiger partial charge in [0.05, 0.1) is 5.69 Å². The van der Waals surface area contributed by atoms with Crippen LogP contribution in [0.4, 0.5) is 0 Å². The molecule has 0 saturated heterocycles. The van der Waals surface area contributed by atoms with E-state index in [2.05, 4.69) is 28.4 Å². The molecule has 2 heterocycles. The van der Waals surface area contributed by atoms with Crippen LogP contribution in [0.15, 0.2) is 42.7 Å². The first-order valence-electron chi connectivity index (χ1n) is 9.40. The van der Waals surface area contributed by atoms with E-state index in [-0.39, 0.29) is 11.8 Å². The van der Waals surface area contributed by atoms with Crippen LogP contribution in [0.25, 0.3) is 0 Å². The number of ether oxygens (including phenoxy) is 1. The van der Waals surface area contributed by atoms with Crippen LogP contribution in [0.1, 0.15) is 34.5 Å². The van der Waals surface area contributed by atoms with E-state index in [1.807, 2.05) is 36.3 Å². The van der Waals surface area contributed by atoms with Gasteiger partial charge in [0.1, 0.15) is 18.2 Å². The summed E-state index contributed by atoms with van der Waals surface area (Å²) in [4.78, 5) is 16.6. The van der Waals surface area contributed by atoms with Crippen molar-refractivity contribution in [1.29, 1.82) is 0 Å². The third-order valence-corrected chi connectivity index (χ3v) is 4.60. The summed E-state index contributed by atoms with van der Waals surface area (Å²) in [6, 6.07) is 9.21. The van der Waals surface area contributed by atoms with Gasteiger partial charge in [-0.2, -0.15) is 5.10 Å². The topological polar surface area (TPSA) is 74.0 Å². The smallest absolute Gasteiger partial charge is 0.251 e. The summed E-state index contributed by atoms with van der Waals surface area (Å²) in [6.07, 6.45) is 3.62. The van der Waals surface area contributed by atoms with Gasteiger partial charge >= 0.3 is 0 Å². The minimum atomic E-state index is -0.0872. The number of aryl methyl sites for hydroxylation is 3. The van der Waals surface area contributed by atoms with Crippen molar-refractivity contribution >= 4 is 5.91 Å². The quantitative estimate of drug-likeness (QED) is 0.651. The number of nitrogens with zero attached hydrogens (tertiary/aromatic N) is 4. The first-order valence-corrected chi connectivity index (χ1v) is 9.40. The molecule has 1 atom stereocenters. The monoisotopic (exact) mass is 381 g/mol. The van der Waals surface area contributed by atoms with Crippen LogP contribution >= 0.6 is 0 Å². The van der Waals surface area contributed by atoms with Gasteiger partial charge in [0.15, 0.2) is 0 Å². The van der Waals surface area contributed by atoms with Gasteiger partial charge in [-0.15, -0.1) is 0 Å². The van der Waals surface area contributed by atoms with Gasteiger partial charge in [-0.25, -0.2) is 4.98 Å². The number of imidazole rings is 1. The molecule has 0 spiro atoms. The molecule has 0 bridgehead atoms. The molecule has 1 N–H and O–H groups in total. The minimum Gasteiger partial charge on any atom is -0.486 e. The Kier molecular flexibility index (Phi) is 6.13. The number of amides is 1. The van der Waals surface area contributed by atoms with Crippen molar-refractivity contribution < 1.29 is 9.53 Å². The lowest BCUT2D eigenvalue weighted by atomic mass is 10.1. The molecule has 2 aromatic heterocycles. The predicted octanol–water partition coefficient (Wildman–Crippen LogP) is 2.88. The second-order valence-corrected chi connectivity index (χ2v) is 7.19. The number of hydrogen-bond acceptors (Lipinski definition) is 4. The molecule has 0 aliphatic carbocycles. The maximum Gasteiger partial charge on any atom is 0.251 e. The number of carbonyl (C=O) groups excluding carboxylic acids is 1. The Morgan fingerprint density at radius 3 is 2.61 bits per heavy atom. The fraction of sp³-hybridized carbons (Fsp3) is 0.381. The highest BCUT2D eigenvalue weighted by molar-refractivity contribution is 5.94. The zero-order chi connectivity index (χ0) is 20.1. The number of benzene rings is 1. The Balaban J connectivity index is 1.47. The average Bonchev–Trinajstić information content (AvgIpc) is 3.22. The Morgan fingerprint density at radius 1 is 1.25 bits per heavy atom. The molecule has 1 unspecified atom stereocenters. The van der Waals surface area contributed by atoms with Gasteiger partial charge in [0.25, 0.3) is 5.91 Å². The van der Waals surface area contributed by atoms with Gasteiger partial charge in [-0.05, 0) is 50.1 Å². The zero-order valence-electron chi connectivity index (χ0n) is 16.8. The number of hydrogen-bond donors (Lipinski definition) is 1. The minimum absolute atomic E-state index is 0.0872. The zero-order valence-corrected chi connectivity index (χ0v) is 16.8. The summed E-state index contributed by atoms with van der Waals surface area (Å²) in [5.41, 5.74) is 2.76. The molecule has 7 nitrogen and oxygen atoms in total. The molecule has 3 rings (SSSR count). The first-order chi connectivity index (χ1) is 13.4. The van der Waals surface area contributed by atoms with Crippen molar-refractivity contribution in [2.24, 2.45) is 13.0 Å².